The van der Waals surface area contributed by atoms with Gasteiger partial charge >= 0.3 is 6.03 Å². The van der Waals surface area contributed by atoms with Crippen LogP contribution in [0.5, 0.6) is 0 Å². The van der Waals surface area contributed by atoms with Crippen LogP contribution in [-0.2, 0) is 16.0 Å². The fraction of sp³-hybridized carbons (Fsp3) is 0.409. The van der Waals surface area contributed by atoms with Crippen LogP contribution in [0.2, 0.25) is 5.02 Å². The largest absolute Gasteiger partial charge is 0.394 e. The first-order valence-electron chi connectivity index (χ1n) is 10.3. The van der Waals surface area contributed by atoms with E-state index in [1.165, 1.54) is 0 Å². The van der Waals surface area contributed by atoms with E-state index >= 15 is 0 Å². The fourth-order valence-corrected chi connectivity index (χ4v) is 3.61. The van der Waals surface area contributed by atoms with Gasteiger partial charge < -0.3 is 25.8 Å². The Morgan fingerprint density at radius 2 is 1.97 bits per heavy atom. The summed E-state index contributed by atoms with van der Waals surface area (Å²) >= 11 is 5.85. The number of benzene rings is 1. The maximum absolute atomic E-state index is 12.3. The molecular weight excluding hydrogens is 420 g/mol. The Hall–Kier alpha value is -2.68. The molecule has 0 aliphatic carbocycles. The Kier molecular flexibility index (Phi) is 8.63. The first kappa shape index (κ1) is 23.0. The molecule has 1 aliphatic heterocycles. The van der Waals surface area contributed by atoms with Crippen LogP contribution in [0.1, 0.15) is 25.0 Å². The molecule has 166 valence electrons. The Morgan fingerprint density at radius 1 is 1.16 bits per heavy atom. The standard InChI is InChI=1S/C22H27ClN4O4/c23-15-4-6-16(7-5-15)26-22(30)27-19-9-8-18(31-20(19)14-28)10-12-25-21(29)13-17-3-1-2-11-24-17/h1-7,11,18-20,28H,8-10,12-14H2,(H,25,29)(H2,26,27,30)/t18-,19-,20-/m0/s1. The van der Waals surface area contributed by atoms with Gasteiger partial charge in [-0.25, -0.2) is 4.79 Å². The van der Waals surface area contributed by atoms with Crippen LogP contribution < -0.4 is 16.0 Å². The molecule has 8 nitrogen and oxygen atoms in total. The van der Waals surface area contributed by atoms with Crippen LogP contribution >= 0.6 is 11.6 Å². The highest BCUT2D eigenvalue weighted by atomic mass is 35.5. The summed E-state index contributed by atoms with van der Waals surface area (Å²) in [7, 11) is 0. The van der Waals surface area contributed by atoms with Crippen molar-refractivity contribution in [2.24, 2.45) is 0 Å². The van der Waals surface area contributed by atoms with E-state index in [1.807, 2.05) is 18.2 Å². The van der Waals surface area contributed by atoms with E-state index in [1.54, 1.807) is 30.5 Å². The van der Waals surface area contributed by atoms with Crippen LogP contribution in [0.4, 0.5) is 10.5 Å². The predicted octanol–water partition coefficient (Wildman–Crippen LogP) is 2.51. The number of aromatic nitrogens is 1. The van der Waals surface area contributed by atoms with Gasteiger partial charge in [-0.2, -0.15) is 0 Å². The number of hydrogen-bond donors (Lipinski definition) is 4. The number of aliphatic hydroxyl groups excluding tert-OH is 1. The minimum atomic E-state index is -0.501. The van der Waals surface area contributed by atoms with Gasteiger partial charge in [0.15, 0.2) is 0 Å². The molecule has 3 atom stereocenters. The smallest absolute Gasteiger partial charge is 0.319 e. The molecule has 0 bridgehead atoms. The van der Waals surface area contributed by atoms with Gasteiger partial charge in [-0.1, -0.05) is 17.7 Å². The van der Waals surface area contributed by atoms with Crippen molar-refractivity contribution < 1.29 is 19.4 Å². The third-order valence-electron chi connectivity index (χ3n) is 5.07. The third-order valence-corrected chi connectivity index (χ3v) is 5.32. The minimum absolute atomic E-state index is 0.0911. The molecular formula is C22H27ClN4O4. The van der Waals surface area contributed by atoms with Crippen LogP contribution in [0, 0.1) is 0 Å². The van der Waals surface area contributed by atoms with Crippen LogP contribution in [0.3, 0.4) is 0 Å². The summed E-state index contributed by atoms with van der Waals surface area (Å²) in [5, 5.41) is 18.8. The number of carbonyl (C=O) groups is 2. The number of pyridine rings is 1. The molecule has 0 unspecified atom stereocenters. The molecule has 9 heteroatoms. The van der Waals surface area contributed by atoms with Gasteiger partial charge in [-0.05, 0) is 55.7 Å². The molecule has 3 rings (SSSR count). The zero-order chi connectivity index (χ0) is 22.1. The molecule has 0 radical (unpaired) electrons. The van der Waals surface area contributed by atoms with E-state index < -0.39 is 6.10 Å². The summed E-state index contributed by atoms with van der Waals surface area (Å²) in [6, 6.07) is 11.6. The lowest BCUT2D eigenvalue weighted by Gasteiger charge is -2.36. The summed E-state index contributed by atoms with van der Waals surface area (Å²) in [6.07, 6.45) is 3.33. The van der Waals surface area contributed by atoms with Crippen molar-refractivity contribution in [3.63, 3.8) is 0 Å². The van der Waals surface area contributed by atoms with Crippen molar-refractivity contribution in [1.29, 1.82) is 0 Å². The van der Waals surface area contributed by atoms with Gasteiger partial charge in [0.05, 0.1) is 25.2 Å². The SMILES string of the molecule is O=C(Cc1ccccn1)NCC[C@@H]1CC[C@H](NC(=O)Nc2ccc(Cl)cc2)[C@H](CO)O1. The number of halogens is 1. The van der Waals surface area contributed by atoms with Crippen molar-refractivity contribution in [2.45, 2.75) is 43.9 Å². The van der Waals surface area contributed by atoms with Gasteiger partial charge in [0.1, 0.15) is 6.10 Å². The molecule has 1 saturated heterocycles. The van der Waals surface area contributed by atoms with Gasteiger partial charge in [0, 0.05) is 29.1 Å². The number of urea groups is 1. The zero-order valence-corrected chi connectivity index (χ0v) is 17.8. The summed E-state index contributed by atoms with van der Waals surface area (Å²) in [5.74, 6) is -0.0911. The number of rotatable bonds is 8. The maximum atomic E-state index is 12.3. The first-order chi connectivity index (χ1) is 15.0. The number of amides is 3. The average molecular weight is 447 g/mol. The van der Waals surface area contributed by atoms with Crippen molar-refractivity contribution >= 4 is 29.2 Å². The summed E-state index contributed by atoms with van der Waals surface area (Å²) in [5.41, 5.74) is 1.35. The van der Waals surface area contributed by atoms with Crippen molar-refractivity contribution in [3.8, 4) is 0 Å². The van der Waals surface area contributed by atoms with Gasteiger partial charge in [-0.15, -0.1) is 0 Å². The molecule has 1 aromatic heterocycles. The molecule has 1 fully saturated rings. The fourth-order valence-electron chi connectivity index (χ4n) is 3.48. The lowest BCUT2D eigenvalue weighted by atomic mass is 9.97. The molecule has 4 N–H and O–H groups in total. The van der Waals surface area contributed by atoms with Gasteiger partial charge in [0.2, 0.25) is 5.91 Å². The summed E-state index contributed by atoms with van der Waals surface area (Å²) in [6.45, 7) is 0.276. The first-order valence-corrected chi connectivity index (χ1v) is 10.7. The van der Waals surface area contributed by atoms with Crippen molar-refractivity contribution in [3.05, 3.63) is 59.4 Å². The van der Waals surface area contributed by atoms with Crippen LogP contribution in [-0.4, -0.2) is 53.4 Å². The van der Waals surface area contributed by atoms with E-state index in [9.17, 15) is 14.7 Å². The number of aliphatic hydroxyl groups is 1. The van der Waals surface area contributed by atoms with E-state index in [4.69, 9.17) is 16.3 Å². The van der Waals surface area contributed by atoms with Crippen molar-refractivity contribution in [1.82, 2.24) is 15.6 Å². The number of anilines is 1. The van der Waals surface area contributed by atoms with Crippen molar-refractivity contribution in [2.75, 3.05) is 18.5 Å². The second kappa shape index (κ2) is 11.6. The second-order valence-corrected chi connectivity index (χ2v) is 7.84. The molecule has 3 amide bonds. The average Bonchev–Trinajstić information content (AvgIpc) is 2.77. The van der Waals surface area contributed by atoms with E-state index in [2.05, 4.69) is 20.9 Å². The molecule has 2 heterocycles. The maximum Gasteiger partial charge on any atom is 0.319 e. The Balaban J connectivity index is 1.39. The van der Waals surface area contributed by atoms with E-state index in [-0.39, 0.29) is 37.1 Å². The molecule has 1 aliphatic rings. The monoisotopic (exact) mass is 446 g/mol. The quantitative estimate of drug-likeness (QED) is 0.497. The molecule has 2 aromatic rings. The third kappa shape index (κ3) is 7.50. The number of nitrogens with zero attached hydrogens (tertiary/aromatic N) is 1. The number of ether oxygens (including phenoxy) is 1. The van der Waals surface area contributed by atoms with E-state index in [0.717, 1.165) is 12.1 Å². The predicted molar refractivity (Wildman–Crippen MR) is 118 cm³/mol. The van der Waals surface area contributed by atoms with E-state index in [0.29, 0.717) is 30.1 Å². The minimum Gasteiger partial charge on any atom is -0.394 e. The highest BCUT2D eigenvalue weighted by molar-refractivity contribution is 6.30. The highest BCUT2D eigenvalue weighted by Crippen LogP contribution is 2.22. The van der Waals surface area contributed by atoms with Crippen LogP contribution in [0.25, 0.3) is 0 Å². The Morgan fingerprint density at radius 3 is 2.68 bits per heavy atom. The highest BCUT2D eigenvalue weighted by Gasteiger charge is 2.31. The molecule has 1 aromatic carbocycles. The number of nitrogens with one attached hydrogen (secondary N) is 3. The normalized spacial score (nSPS) is 20.6. The lowest BCUT2D eigenvalue weighted by Crippen LogP contribution is -2.52. The Bertz CT molecular complexity index is 850. The van der Waals surface area contributed by atoms with Gasteiger partial charge in [-0.3, -0.25) is 9.78 Å². The molecule has 31 heavy (non-hydrogen) atoms. The lowest BCUT2D eigenvalue weighted by molar-refractivity contribution is -0.121. The zero-order valence-electron chi connectivity index (χ0n) is 17.1. The van der Waals surface area contributed by atoms with Crippen LogP contribution in [0.15, 0.2) is 48.7 Å². The summed E-state index contributed by atoms with van der Waals surface area (Å²) < 4.78 is 5.94. The Labute approximate surface area is 186 Å². The topological polar surface area (TPSA) is 113 Å². The van der Waals surface area contributed by atoms with Gasteiger partial charge in [0.25, 0.3) is 0 Å². The number of carbonyl (C=O) groups excluding carboxylic acids is 2. The number of hydrogen-bond acceptors (Lipinski definition) is 5. The molecule has 0 saturated carbocycles. The second-order valence-electron chi connectivity index (χ2n) is 7.40. The summed E-state index contributed by atoms with van der Waals surface area (Å²) in [4.78, 5) is 28.4. The molecule has 0 spiro atoms.